The molecule has 0 aliphatic rings. The van der Waals surface area contributed by atoms with Crippen molar-refractivity contribution in [2.24, 2.45) is 0 Å². The van der Waals surface area contributed by atoms with Gasteiger partial charge in [-0.2, -0.15) is 0 Å². The van der Waals surface area contributed by atoms with E-state index in [0.29, 0.717) is 17.1 Å². The van der Waals surface area contributed by atoms with Gasteiger partial charge in [-0.05, 0) is 18.6 Å². The van der Waals surface area contributed by atoms with Crippen molar-refractivity contribution in [3.8, 4) is 11.3 Å². The Labute approximate surface area is 154 Å². The Morgan fingerprint density at radius 3 is 2.58 bits per heavy atom. The van der Waals surface area contributed by atoms with Crippen molar-refractivity contribution in [1.29, 1.82) is 0 Å². The highest BCUT2D eigenvalue weighted by molar-refractivity contribution is 7.14. The summed E-state index contributed by atoms with van der Waals surface area (Å²) < 4.78 is 5.31. The molecule has 1 atom stereocenters. The van der Waals surface area contributed by atoms with E-state index in [2.05, 4.69) is 15.3 Å². The molecular formula is C19H17N3O3S. The number of rotatable bonds is 6. The zero-order valence-electron chi connectivity index (χ0n) is 14.1. The molecule has 0 bridgehead atoms. The van der Waals surface area contributed by atoms with Crippen molar-refractivity contribution in [3.63, 3.8) is 0 Å². The first-order valence-corrected chi connectivity index (χ1v) is 8.98. The lowest BCUT2D eigenvalue weighted by atomic mass is 10.2. The van der Waals surface area contributed by atoms with Gasteiger partial charge in [0.2, 0.25) is 0 Å². The molecule has 2 heterocycles. The maximum absolute atomic E-state index is 12.4. The molecule has 0 saturated carbocycles. The number of aromatic nitrogens is 2. The minimum absolute atomic E-state index is 0.354. The van der Waals surface area contributed by atoms with Gasteiger partial charge in [0.05, 0.1) is 11.3 Å². The van der Waals surface area contributed by atoms with Crippen molar-refractivity contribution in [2.75, 3.05) is 5.32 Å². The Hall–Kier alpha value is -3.06. The Bertz CT molecular complexity index is 881. The van der Waals surface area contributed by atoms with Crippen LogP contribution in [-0.2, 0) is 9.53 Å². The maximum atomic E-state index is 12.4. The quantitative estimate of drug-likeness (QED) is 0.671. The van der Waals surface area contributed by atoms with Gasteiger partial charge < -0.3 is 4.74 Å². The van der Waals surface area contributed by atoms with Gasteiger partial charge in [-0.3, -0.25) is 15.1 Å². The van der Waals surface area contributed by atoms with Crippen molar-refractivity contribution in [1.82, 2.24) is 9.97 Å². The van der Waals surface area contributed by atoms with Gasteiger partial charge in [0.15, 0.2) is 11.2 Å². The van der Waals surface area contributed by atoms with Crippen LogP contribution in [0.4, 0.5) is 5.13 Å². The molecule has 132 valence electrons. The van der Waals surface area contributed by atoms with Gasteiger partial charge in [0, 0.05) is 23.3 Å². The van der Waals surface area contributed by atoms with E-state index >= 15 is 0 Å². The molecule has 1 aromatic carbocycles. The predicted octanol–water partition coefficient (Wildman–Crippen LogP) is 3.78. The number of thiazole rings is 1. The van der Waals surface area contributed by atoms with Crippen LogP contribution in [0.3, 0.4) is 0 Å². The van der Waals surface area contributed by atoms with Crippen LogP contribution in [0.25, 0.3) is 11.3 Å². The molecule has 1 amide bonds. The number of benzene rings is 1. The molecule has 2 aromatic heterocycles. The fraction of sp³-hybridized carbons (Fsp3) is 0.158. The third-order valence-electron chi connectivity index (χ3n) is 3.63. The Morgan fingerprint density at radius 1 is 1.15 bits per heavy atom. The fourth-order valence-corrected chi connectivity index (χ4v) is 2.99. The summed E-state index contributed by atoms with van der Waals surface area (Å²) in [5.41, 5.74) is 2.11. The first-order valence-electron chi connectivity index (χ1n) is 8.10. The zero-order chi connectivity index (χ0) is 18.4. The fourth-order valence-electron chi connectivity index (χ4n) is 2.27. The molecule has 1 unspecified atom stereocenters. The SMILES string of the molecule is CCC(OC(=O)c1ccncc1)C(=O)Nc1nc(-c2ccccc2)cs1. The van der Waals surface area contributed by atoms with Crippen LogP contribution in [0.15, 0.2) is 60.2 Å². The second kappa shape index (κ2) is 8.35. The van der Waals surface area contributed by atoms with Gasteiger partial charge in [-0.25, -0.2) is 9.78 Å². The first-order chi connectivity index (χ1) is 12.7. The number of esters is 1. The summed E-state index contributed by atoms with van der Waals surface area (Å²) in [5, 5.41) is 5.05. The van der Waals surface area contributed by atoms with Crippen molar-refractivity contribution in [2.45, 2.75) is 19.4 Å². The molecule has 7 heteroatoms. The molecule has 0 spiro atoms. The van der Waals surface area contributed by atoms with Gasteiger partial charge in [-0.1, -0.05) is 37.3 Å². The van der Waals surface area contributed by atoms with E-state index in [1.165, 1.54) is 23.7 Å². The molecule has 3 rings (SSSR count). The van der Waals surface area contributed by atoms with Gasteiger partial charge in [0.25, 0.3) is 5.91 Å². The summed E-state index contributed by atoms with van der Waals surface area (Å²) in [4.78, 5) is 32.8. The molecule has 0 radical (unpaired) electrons. The second-order valence-corrected chi connectivity index (χ2v) is 6.29. The van der Waals surface area contributed by atoms with Crippen molar-refractivity contribution < 1.29 is 14.3 Å². The van der Waals surface area contributed by atoms with Crippen LogP contribution in [0, 0.1) is 0 Å². The van der Waals surface area contributed by atoms with E-state index < -0.39 is 18.0 Å². The van der Waals surface area contributed by atoms with Crippen molar-refractivity contribution >= 4 is 28.3 Å². The van der Waals surface area contributed by atoms with Crippen LogP contribution < -0.4 is 5.32 Å². The van der Waals surface area contributed by atoms with Crippen LogP contribution in [0.5, 0.6) is 0 Å². The number of pyridine rings is 1. The molecule has 6 nitrogen and oxygen atoms in total. The lowest BCUT2D eigenvalue weighted by Crippen LogP contribution is -2.32. The second-order valence-electron chi connectivity index (χ2n) is 5.43. The highest BCUT2D eigenvalue weighted by Crippen LogP contribution is 2.24. The standard InChI is InChI=1S/C19H17N3O3S/c1-2-16(25-18(24)14-8-10-20-11-9-14)17(23)22-19-21-15(12-26-19)13-6-4-3-5-7-13/h3-12,16H,2H2,1H3,(H,21,22,23). The summed E-state index contributed by atoms with van der Waals surface area (Å²) in [6.45, 7) is 1.78. The Morgan fingerprint density at radius 2 is 1.88 bits per heavy atom. The number of carbonyl (C=O) groups excluding carboxylic acids is 2. The number of hydrogen-bond acceptors (Lipinski definition) is 6. The number of anilines is 1. The maximum Gasteiger partial charge on any atom is 0.339 e. The number of nitrogens with one attached hydrogen (secondary N) is 1. The average molecular weight is 367 g/mol. The molecule has 0 aliphatic carbocycles. The zero-order valence-corrected chi connectivity index (χ0v) is 14.9. The van der Waals surface area contributed by atoms with E-state index in [1.54, 1.807) is 19.1 Å². The molecule has 0 saturated heterocycles. The molecule has 0 aliphatic heterocycles. The van der Waals surface area contributed by atoms with E-state index in [4.69, 9.17) is 4.74 Å². The number of nitrogens with zero attached hydrogens (tertiary/aromatic N) is 2. The van der Waals surface area contributed by atoms with Crippen LogP contribution in [0.1, 0.15) is 23.7 Å². The minimum Gasteiger partial charge on any atom is -0.449 e. The van der Waals surface area contributed by atoms with Gasteiger partial charge in [0.1, 0.15) is 0 Å². The number of hydrogen-bond donors (Lipinski definition) is 1. The van der Waals surface area contributed by atoms with Gasteiger partial charge >= 0.3 is 5.97 Å². The number of ether oxygens (including phenoxy) is 1. The summed E-state index contributed by atoms with van der Waals surface area (Å²) in [6.07, 6.45) is 2.47. The monoisotopic (exact) mass is 367 g/mol. The van der Waals surface area contributed by atoms with Crippen LogP contribution in [0.2, 0.25) is 0 Å². The molecular weight excluding hydrogens is 350 g/mol. The van der Waals surface area contributed by atoms with Gasteiger partial charge in [-0.15, -0.1) is 11.3 Å². The third-order valence-corrected chi connectivity index (χ3v) is 4.39. The first kappa shape index (κ1) is 17.8. The minimum atomic E-state index is -0.889. The lowest BCUT2D eigenvalue weighted by molar-refractivity contribution is -0.124. The topological polar surface area (TPSA) is 81.2 Å². The van der Waals surface area contributed by atoms with E-state index in [0.717, 1.165) is 11.3 Å². The number of amides is 1. The van der Waals surface area contributed by atoms with E-state index in [1.807, 2.05) is 35.7 Å². The average Bonchev–Trinajstić information content (AvgIpc) is 3.15. The van der Waals surface area contributed by atoms with E-state index in [-0.39, 0.29) is 0 Å². The summed E-state index contributed by atoms with van der Waals surface area (Å²) in [7, 11) is 0. The molecule has 0 fully saturated rings. The molecule has 26 heavy (non-hydrogen) atoms. The van der Waals surface area contributed by atoms with E-state index in [9.17, 15) is 9.59 Å². The summed E-state index contributed by atoms with van der Waals surface area (Å²) in [6, 6.07) is 12.8. The predicted molar refractivity (Wildman–Crippen MR) is 99.9 cm³/mol. The molecule has 3 aromatic rings. The summed E-state index contributed by atoms with van der Waals surface area (Å²) in [5.74, 6) is -0.956. The van der Waals surface area contributed by atoms with Crippen molar-refractivity contribution in [3.05, 3.63) is 65.8 Å². The summed E-state index contributed by atoms with van der Waals surface area (Å²) >= 11 is 1.32. The smallest absolute Gasteiger partial charge is 0.339 e. The Kier molecular flexibility index (Phi) is 5.70. The van der Waals surface area contributed by atoms with Crippen LogP contribution >= 0.6 is 11.3 Å². The van der Waals surface area contributed by atoms with Crippen LogP contribution in [-0.4, -0.2) is 27.9 Å². The largest absolute Gasteiger partial charge is 0.449 e. The number of carbonyl (C=O) groups is 2. The highest BCUT2D eigenvalue weighted by Gasteiger charge is 2.23. The lowest BCUT2D eigenvalue weighted by Gasteiger charge is -2.15. The third kappa shape index (κ3) is 4.31. The molecule has 1 N–H and O–H groups in total. The Balaban J connectivity index is 1.64. The normalized spacial score (nSPS) is 11.6. The highest BCUT2D eigenvalue weighted by atomic mass is 32.1.